The Labute approximate surface area is 100.0 Å². The predicted octanol–water partition coefficient (Wildman–Crippen LogP) is 3.61. The van der Waals surface area contributed by atoms with Crippen molar-refractivity contribution in [3.8, 4) is 5.75 Å². The van der Waals surface area contributed by atoms with Crippen LogP contribution in [0.15, 0.2) is 18.2 Å². The maximum atomic E-state index is 10.8. The summed E-state index contributed by atoms with van der Waals surface area (Å²) in [5, 5.41) is 9.11. The van der Waals surface area contributed by atoms with E-state index in [1.54, 1.807) is 12.1 Å². The highest BCUT2D eigenvalue weighted by Crippen LogP contribution is 2.23. The van der Waals surface area contributed by atoms with Gasteiger partial charge in [-0.15, -0.1) is 0 Å². The molecular formula is C12H15ClO3. The van der Waals surface area contributed by atoms with Crippen molar-refractivity contribution in [2.45, 2.75) is 32.8 Å². The van der Waals surface area contributed by atoms with Gasteiger partial charge in [0.05, 0.1) is 16.7 Å². The summed E-state index contributed by atoms with van der Waals surface area (Å²) in [5.74, 6) is -0.499. The molecule has 1 atom stereocenters. The van der Waals surface area contributed by atoms with Gasteiger partial charge in [0.1, 0.15) is 5.75 Å². The molecule has 4 heteroatoms. The molecule has 1 rings (SSSR count). The Morgan fingerprint density at radius 1 is 1.56 bits per heavy atom. The highest BCUT2D eigenvalue weighted by molar-refractivity contribution is 6.33. The summed E-state index contributed by atoms with van der Waals surface area (Å²) in [7, 11) is 0. The summed E-state index contributed by atoms with van der Waals surface area (Å²) in [5.41, 5.74) is 0.0721. The minimum atomic E-state index is -1.04. The number of carboxylic acids is 1. The molecule has 0 radical (unpaired) electrons. The zero-order valence-corrected chi connectivity index (χ0v) is 10.1. The van der Waals surface area contributed by atoms with Crippen molar-refractivity contribution in [1.29, 1.82) is 0 Å². The lowest BCUT2D eigenvalue weighted by Crippen LogP contribution is -2.11. The molecule has 0 heterocycles. The molecule has 16 heavy (non-hydrogen) atoms. The first-order valence-corrected chi connectivity index (χ1v) is 5.62. The molecule has 0 amide bonds. The predicted molar refractivity (Wildman–Crippen MR) is 63.4 cm³/mol. The van der Waals surface area contributed by atoms with E-state index in [0.29, 0.717) is 5.75 Å². The summed E-state index contributed by atoms with van der Waals surface area (Å²) < 4.78 is 5.58. The van der Waals surface area contributed by atoms with Crippen molar-refractivity contribution in [1.82, 2.24) is 0 Å². The van der Waals surface area contributed by atoms with E-state index in [2.05, 4.69) is 6.92 Å². The Morgan fingerprint density at radius 2 is 2.25 bits per heavy atom. The quantitative estimate of drug-likeness (QED) is 0.858. The molecule has 0 aliphatic heterocycles. The van der Waals surface area contributed by atoms with Gasteiger partial charge in [-0.05, 0) is 31.5 Å². The molecule has 0 saturated carbocycles. The van der Waals surface area contributed by atoms with Crippen LogP contribution in [0.2, 0.25) is 5.02 Å². The number of benzene rings is 1. The fourth-order valence-electron chi connectivity index (χ4n) is 1.44. The number of hydrogen-bond acceptors (Lipinski definition) is 2. The molecule has 1 aromatic carbocycles. The zero-order chi connectivity index (χ0) is 12.1. The van der Waals surface area contributed by atoms with Crippen LogP contribution in [0.1, 0.15) is 37.0 Å². The average molecular weight is 243 g/mol. The number of carboxylic acid groups (broad SMARTS) is 1. The van der Waals surface area contributed by atoms with Gasteiger partial charge in [0.25, 0.3) is 0 Å². The summed E-state index contributed by atoms with van der Waals surface area (Å²) in [6.07, 6.45) is 2.04. The monoisotopic (exact) mass is 242 g/mol. The molecule has 0 bridgehead atoms. The van der Waals surface area contributed by atoms with Gasteiger partial charge in [-0.3, -0.25) is 0 Å². The summed E-state index contributed by atoms with van der Waals surface area (Å²) in [6.45, 7) is 4.03. The number of ether oxygens (including phenoxy) is 1. The van der Waals surface area contributed by atoms with Gasteiger partial charge < -0.3 is 9.84 Å². The standard InChI is InChI=1S/C12H15ClO3/c1-3-4-8(2)16-9-5-6-11(13)10(7-9)12(14)15/h5-8H,3-4H2,1-2H3,(H,14,15). The third-order valence-electron chi connectivity index (χ3n) is 2.20. The molecule has 1 aromatic rings. The van der Waals surface area contributed by atoms with Gasteiger partial charge in [-0.25, -0.2) is 4.79 Å². The Balaban J connectivity index is 2.82. The van der Waals surface area contributed by atoms with Crippen LogP contribution in [0, 0.1) is 0 Å². The fraction of sp³-hybridized carbons (Fsp3) is 0.417. The Bertz CT molecular complexity index is 377. The molecule has 0 aromatic heterocycles. The first-order valence-electron chi connectivity index (χ1n) is 5.24. The van der Waals surface area contributed by atoms with Gasteiger partial charge in [-0.1, -0.05) is 24.9 Å². The van der Waals surface area contributed by atoms with E-state index < -0.39 is 5.97 Å². The first kappa shape index (κ1) is 12.8. The van der Waals surface area contributed by atoms with Crippen LogP contribution in [0.4, 0.5) is 0 Å². The Kier molecular flexibility index (Phi) is 4.62. The first-order chi connectivity index (χ1) is 7.54. The molecule has 0 saturated heterocycles. The number of aromatic carboxylic acids is 1. The molecule has 0 fully saturated rings. The van der Waals surface area contributed by atoms with Gasteiger partial charge in [-0.2, -0.15) is 0 Å². The average Bonchev–Trinajstić information content (AvgIpc) is 2.21. The van der Waals surface area contributed by atoms with Crippen molar-refractivity contribution in [3.63, 3.8) is 0 Å². The summed E-state index contributed by atoms with van der Waals surface area (Å²) in [4.78, 5) is 10.8. The minimum Gasteiger partial charge on any atom is -0.491 e. The molecular weight excluding hydrogens is 228 g/mol. The van der Waals surface area contributed by atoms with Crippen molar-refractivity contribution in [2.75, 3.05) is 0 Å². The van der Waals surface area contributed by atoms with Crippen molar-refractivity contribution in [3.05, 3.63) is 28.8 Å². The normalized spacial score (nSPS) is 12.2. The smallest absolute Gasteiger partial charge is 0.337 e. The molecule has 1 unspecified atom stereocenters. The van der Waals surface area contributed by atoms with Gasteiger partial charge in [0.2, 0.25) is 0 Å². The lowest BCUT2D eigenvalue weighted by atomic mass is 10.2. The van der Waals surface area contributed by atoms with Crippen LogP contribution < -0.4 is 4.74 Å². The largest absolute Gasteiger partial charge is 0.491 e. The van der Waals surface area contributed by atoms with E-state index in [1.807, 2.05) is 6.92 Å². The molecule has 1 N–H and O–H groups in total. The van der Waals surface area contributed by atoms with Crippen molar-refractivity contribution < 1.29 is 14.6 Å². The molecule has 0 aliphatic rings. The molecule has 0 spiro atoms. The van der Waals surface area contributed by atoms with Crippen LogP contribution in [0.25, 0.3) is 0 Å². The lowest BCUT2D eigenvalue weighted by Gasteiger charge is -2.14. The number of carbonyl (C=O) groups is 1. The van der Waals surface area contributed by atoms with Crippen molar-refractivity contribution in [2.24, 2.45) is 0 Å². The SMILES string of the molecule is CCCC(C)Oc1ccc(Cl)c(C(=O)O)c1. The van der Waals surface area contributed by atoms with Crippen LogP contribution in [-0.2, 0) is 0 Å². The number of halogens is 1. The van der Waals surface area contributed by atoms with E-state index in [4.69, 9.17) is 21.4 Å². The number of hydrogen-bond donors (Lipinski definition) is 1. The number of rotatable bonds is 5. The van der Waals surface area contributed by atoms with E-state index in [9.17, 15) is 4.79 Å². The van der Waals surface area contributed by atoms with Crippen LogP contribution in [0.3, 0.4) is 0 Å². The van der Waals surface area contributed by atoms with Gasteiger partial charge in [0.15, 0.2) is 0 Å². The third-order valence-corrected chi connectivity index (χ3v) is 2.53. The summed E-state index contributed by atoms with van der Waals surface area (Å²) in [6, 6.07) is 4.68. The van der Waals surface area contributed by atoms with E-state index in [0.717, 1.165) is 12.8 Å². The Hall–Kier alpha value is -1.22. The lowest BCUT2D eigenvalue weighted by molar-refractivity contribution is 0.0696. The highest BCUT2D eigenvalue weighted by Gasteiger charge is 2.11. The minimum absolute atomic E-state index is 0.0721. The molecule has 3 nitrogen and oxygen atoms in total. The second-order valence-corrected chi connectivity index (χ2v) is 4.07. The van der Waals surface area contributed by atoms with Crippen LogP contribution >= 0.6 is 11.6 Å². The second-order valence-electron chi connectivity index (χ2n) is 3.66. The van der Waals surface area contributed by atoms with Gasteiger partial charge in [0, 0.05) is 0 Å². The molecule has 88 valence electrons. The van der Waals surface area contributed by atoms with Crippen LogP contribution in [0.5, 0.6) is 5.75 Å². The summed E-state index contributed by atoms with van der Waals surface area (Å²) >= 11 is 5.75. The maximum absolute atomic E-state index is 10.8. The van der Waals surface area contributed by atoms with Crippen molar-refractivity contribution >= 4 is 17.6 Å². The van der Waals surface area contributed by atoms with E-state index in [1.165, 1.54) is 6.07 Å². The topological polar surface area (TPSA) is 46.5 Å². The van der Waals surface area contributed by atoms with Crippen LogP contribution in [-0.4, -0.2) is 17.2 Å². The van der Waals surface area contributed by atoms with E-state index in [-0.39, 0.29) is 16.7 Å². The fourth-order valence-corrected chi connectivity index (χ4v) is 1.64. The third kappa shape index (κ3) is 3.42. The van der Waals surface area contributed by atoms with Gasteiger partial charge >= 0.3 is 5.97 Å². The second kappa shape index (κ2) is 5.75. The Morgan fingerprint density at radius 3 is 2.81 bits per heavy atom. The maximum Gasteiger partial charge on any atom is 0.337 e. The highest BCUT2D eigenvalue weighted by atomic mass is 35.5. The van der Waals surface area contributed by atoms with E-state index >= 15 is 0 Å². The zero-order valence-electron chi connectivity index (χ0n) is 9.37. The molecule has 0 aliphatic carbocycles.